The van der Waals surface area contributed by atoms with Gasteiger partial charge in [-0.3, -0.25) is 14.8 Å². The maximum absolute atomic E-state index is 10.7. The second-order valence-corrected chi connectivity index (χ2v) is 4.04. The second-order valence-electron chi connectivity index (χ2n) is 4.04. The molecule has 0 spiro atoms. The Morgan fingerprint density at radius 2 is 1.84 bits per heavy atom. The molecule has 4 heteroatoms. The minimum absolute atomic E-state index is 0.478. The number of rotatable bonds is 3. The number of ether oxygens (including phenoxy) is 1. The zero-order valence-corrected chi connectivity index (χ0v) is 9.98. The van der Waals surface area contributed by atoms with Crippen LogP contribution in [0.25, 0.3) is 10.9 Å². The molecule has 0 fully saturated rings. The van der Waals surface area contributed by atoms with Gasteiger partial charge < -0.3 is 4.74 Å². The zero-order valence-electron chi connectivity index (χ0n) is 9.98. The van der Waals surface area contributed by atoms with Gasteiger partial charge in [0.1, 0.15) is 11.5 Å². The molecule has 19 heavy (non-hydrogen) atoms. The third kappa shape index (κ3) is 2.42. The third-order valence-corrected chi connectivity index (χ3v) is 2.67. The number of hydrogen-bond acceptors (Lipinski definition) is 4. The van der Waals surface area contributed by atoms with Gasteiger partial charge in [0.05, 0.1) is 17.9 Å². The van der Waals surface area contributed by atoms with Gasteiger partial charge in [0.25, 0.3) is 0 Å². The molecule has 0 atom stereocenters. The SMILES string of the molecule is O=Cc1cncc(Oc2cnc3ccccc3c2)c1. The van der Waals surface area contributed by atoms with Crippen molar-refractivity contribution in [2.75, 3.05) is 0 Å². The van der Waals surface area contributed by atoms with Crippen LogP contribution in [0.4, 0.5) is 0 Å². The molecule has 3 rings (SSSR count). The Morgan fingerprint density at radius 3 is 2.74 bits per heavy atom. The van der Waals surface area contributed by atoms with Gasteiger partial charge >= 0.3 is 0 Å². The smallest absolute Gasteiger partial charge is 0.151 e. The number of carbonyl (C=O) groups is 1. The van der Waals surface area contributed by atoms with Crippen molar-refractivity contribution in [1.82, 2.24) is 9.97 Å². The van der Waals surface area contributed by atoms with E-state index in [4.69, 9.17) is 4.74 Å². The highest BCUT2D eigenvalue weighted by molar-refractivity contribution is 5.79. The normalized spacial score (nSPS) is 10.3. The first-order valence-electron chi connectivity index (χ1n) is 5.78. The van der Waals surface area contributed by atoms with E-state index < -0.39 is 0 Å². The number of carbonyl (C=O) groups excluding carboxylic acids is 1. The summed E-state index contributed by atoms with van der Waals surface area (Å²) in [5.41, 5.74) is 1.39. The van der Waals surface area contributed by atoms with Gasteiger partial charge in [0.2, 0.25) is 0 Å². The summed E-state index contributed by atoms with van der Waals surface area (Å²) in [7, 11) is 0. The van der Waals surface area contributed by atoms with Crippen LogP contribution < -0.4 is 4.74 Å². The van der Waals surface area contributed by atoms with Crippen molar-refractivity contribution in [3.63, 3.8) is 0 Å². The lowest BCUT2D eigenvalue weighted by molar-refractivity contribution is 0.112. The predicted molar refractivity (Wildman–Crippen MR) is 71.4 cm³/mol. The Morgan fingerprint density at radius 1 is 1.00 bits per heavy atom. The standard InChI is InChI=1S/C15H10N2O2/c18-10-11-5-13(8-16-7-11)19-14-6-12-3-1-2-4-15(12)17-9-14/h1-10H. The number of nitrogens with zero attached hydrogens (tertiary/aromatic N) is 2. The van der Waals surface area contributed by atoms with Crippen molar-refractivity contribution in [3.8, 4) is 11.5 Å². The fraction of sp³-hybridized carbons (Fsp3) is 0. The lowest BCUT2D eigenvalue weighted by atomic mass is 10.2. The Balaban J connectivity index is 1.94. The number of benzene rings is 1. The molecular formula is C15H10N2O2. The van der Waals surface area contributed by atoms with Crippen LogP contribution in [0.2, 0.25) is 0 Å². The fourth-order valence-corrected chi connectivity index (χ4v) is 1.80. The molecule has 0 aliphatic rings. The number of pyridine rings is 2. The monoisotopic (exact) mass is 250 g/mol. The van der Waals surface area contributed by atoms with Crippen molar-refractivity contribution in [2.45, 2.75) is 0 Å². The van der Waals surface area contributed by atoms with Gasteiger partial charge in [0, 0.05) is 17.1 Å². The van der Waals surface area contributed by atoms with E-state index in [1.165, 1.54) is 6.20 Å². The van der Waals surface area contributed by atoms with Crippen molar-refractivity contribution < 1.29 is 9.53 Å². The number of para-hydroxylation sites is 1. The van der Waals surface area contributed by atoms with Gasteiger partial charge in [-0.25, -0.2) is 0 Å². The first-order chi connectivity index (χ1) is 9.35. The lowest BCUT2D eigenvalue weighted by Crippen LogP contribution is -1.89. The molecular weight excluding hydrogens is 240 g/mol. The van der Waals surface area contributed by atoms with Crippen molar-refractivity contribution in [2.24, 2.45) is 0 Å². The zero-order chi connectivity index (χ0) is 13.1. The average Bonchev–Trinajstić information content (AvgIpc) is 2.47. The van der Waals surface area contributed by atoms with Crippen LogP contribution in [0.3, 0.4) is 0 Å². The minimum atomic E-state index is 0.478. The molecule has 1 aromatic carbocycles. The van der Waals surface area contributed by atoms with E-state index in [1.54, 1.807) is 18.5 Å². The lowest BCUT2D eigenvalue weighted by Gasteiger charge is -2.06. The van der Waals surface area contributed by atoms with Crippen molar-refractivity contribution in [3.05, 3.63) is 60.6 Å². The second kappa shape index (κ2) is 4.86. The molecule has 2 aromatic heterocycles. The molecule has 0 aliphatic heterocycles. The molecule has 2 heterocycles. The summed E-state index contributed by atoms with van der Waals surface area (Å²) in [5, 5.41) is 1.000. The van der Waals surface area contributed by atoms with Gasteiger partial charge in [-0.15, -0.1) is 0 Å². The summed E-state index contributed by atoms with van der Waals surface area (Å²) in [5.74, 6) is 1.13. The summed E-state index contributed by atoms with van der Waals surface area (Å²) in [6.45, 7) is 0. The number of aldehydes is 1. The fourth-order valence-electron chi connectivity index (χ4n) is 1.80. The molecule has 0 saturated carbocycles. The number of aromatic nitrogens is 2. The van der Waals surface area contributed by atoms with E-state index >= 15 is 0 Å². The summed E-state index contributed by atoms with van der Waals surface area (Å²) in [6.07, 6.45) is 5.43. The third-order valence-electron chi connectivity index (χ3n) is 2.67. The van der Waals surface area contributed by atoms with Crippen LogP contribution in [0.1, 0.15) is 10.4 Å². The van der Waals surface area contributed by atoms with Crippen molar-refractivity contribution in [1.29, 1.82) is 0 Å². The highest BCUT2D eigenvalue weighted by atomic mass is 16.5. The predicted octanol–water partition coefficient (Wildman–Crippen LogP) is 3.23. The number of fused-ring (bicyclic) bond motifs is 1. The maximum Gasteiger partial charge on any atom is 0.151 e. The molecule has 0 radical (unpaired) electrons. The molecule has 0 unspecified atom stereocenters. The van der Waals surface area contributed by atoms with Crippen molar-refractivity contribution >= 4 is 17.2 Å². The molecule has 4 nitrogen and oxygen atoms in total. The van der Waals surface area contributed by atoms with E-state index in [0.717, 1.165) is 17.2 Å². The van der Waals surface area contributed by atoms with Crippen LogP contribution in [0.15, 0.2) is 55.0 Å². The molecule has 3 aromatic rings. The highest BCUT2D eigenvalue weighted by Gasteiger charge is 2.01. The Labute approximate surface area is 109 Å². The number of hydrogen-bond donors (Lipinski definition) is 0. The maximum atomic E-state index is 10.7. The van der Waals surface area contributed by atoms with Gasteiger partial charge in [-0.05, 0) is 18.2 Å². The Bertz CT molecular complexity index is 741. The van der Waals surface area contributed by atoms with Crippen LogP contribution >= 0.6 is 0 Å². The highest BCUT2D eigenvalue weighted by Crippen LogP contribution is 2.23. The average molecular weight is 250 g/mol. The van der Waals surface area contributed by atoms with Gasteiger partial charge in [0.15, 0.2) is 6.29 Å². The van der Waals surface area contributed by atoms with Crippen LogP contribution in [-0.4, -0.2) is 16.3 Å². The summed E-state index contributed by atoms with van der Waals surface area (Å²) in [4.78, 5) is 18.9. The largest absolute Gasteiger partial charge is 0.454 e. The molecule has 0 amide bonds. The van der Waals surface area contributed by atoms with Crippen LogP contribution in [-0.2, 0) is 0 Å². The molecule has 92 valence electrons. The van der Waals surface area contributed by atoms with Gasteiger partial charge in [-0.2, -0.15) is 0 Å². The first-order valence-corrected chi connectivity index (χ1v) is 5.78. The first kappa shape index (κ1) is 11.3. The quantitative estimate of drug-likeness (QED) is 0.669. The minimum Gasteiger partial charge on any atom is -0.454 e. The summed E-state index contributed by atoms with van der Waals surface area (Å²) < 4.78 is 5.65. The molecule has 0 aliphatic carbocycles. The molecule has 0 N–H and O–H groups in total. The molecule has 0 saturated heterocycles. The van der Waals surface area contributed by atoms with Crippen LogP contribution in [0.5, 0.6) is 11.5 Å². The van der Waals surface area contributed by atoms with Crippen LogP contribution in [0, 0.1) is 0 Å². The van der Waals surface area contributed by atoms with E-state index in [2.05, 4.69) is 9.97 Å². The van der Waals surface area contributed by atoms with E-state index in [1.807, 2.05) is 30.3 Å². The summed E-state index contributed by atoms with van der Waals surface area (Å²) in [6, 6.07) is 11.3. The molecule has 0 bridgehead atoms. The summed E-state index contributed by atoms with van der Waals surface area (Å²) >= 11 is 0. The van der Waals surface area contributed by atoms with Gasteiger partial charge in [-0.1, -0.05) is 18.2 Å². The topological polar surface area (TPSA) is 52.1 Å². The Kier molecular flexibility index (Phi) is 2.90. The Hall–Kier alpha value is -2.75. The van der Waals surface area contributed by atoms with E-state index in [0.29, 0.717) is 17.1 Å². The van der Waals surface area contributed by atoms with E-state index in [9.17, 15) is 4.79 Å². The van der Waals surface area contributed by atoms with E-state index in [-0.39, 0.29) is 0 Å².